The average Bonchev–Trinajstić information content (AvgIpc) is 2.68. The lowest BCUT2D eigenvalue weighted by atomic mass is 10.2. The highest BCUT2D eigenvalue weighted by Gasteiger charge is 2.21. The van der Waals surface area contributed by atoms with Crippen molar-refractivity contribution in [3.63, 3.8) is 0 Å². The molecule has 146 valence electrons. The van der Waals surface area contributed by atoms with Crippen molar-refractivity contribution in [2.75, 3.05) is 11.8 Å². The first-order chi connectivity index (χ1) is 13.4. The summed E-state index contributed by atoms with van der Waals surface area (Å²) in [6, 6.07) is 19.7. The van der Waals surface area contributed by atoms with E-state index in [0.29, 0.717) is 20.9 Å². The maximum atomic E-state index is 13.0. The lowest BCUT2D eigenvalue weighted by molar-refractivity contribution is 0.403. The summed E-state index contributed by atoms with van der Waals surface area (Å²) < 4.78 is 34.5. The smallest absolute Gasteiger partial charge is 0.265 e. The highest BCUT2D eigenvalue weighted by molar-refractivity contribution is 9.10. The number of sulfonamides is 1. The number of ether oxygens (including phenoxy) is 1. The van der Waals surface area contributed by atoms with Crippen molar-refractivity contribution < 1.29 is 13.2 Å². The third-order valence-corrected chi connectivity index (χ3v) is 7.13. The van der Waals surface area contributed by atoms with Gasteiger partial charge in [-0.15, -0.1) is 11.8 Å². The zero-order chi connectivity index (χ0) is 20.1. The van der Waals surface area contributed by atoms with Crippen LogP contribution in [0, 0.1) is 0 Å². The van der Waals surface area contributed by atoms with Crippen LogP contribution in [-0.4, -0.2) is 15.5 Å². The molecule has 0 atom stereocenters. The van der Waals surface area contributed by atoms with Gasteiger partial charge in [-0.2, -0.15) is 0 Å². The van der Waals surface area contributed by atoms with Crippen LogP contribution in [-0.2, 0) is 15.8 Å². The van der Waals surface area contributed by atoms with Gasteiger partial charge >= 0.3 is 0 Å². The van der Waals surface area contributed by atoms with E-state index < -0.39 is 10.0 Å². The Hall–Kier alpha value is -1.67. The SMILES string of the molecule is COc1ccc(Br)cc1S(=O)(=O)Nc1ccccc1SCc1ccc(Cl)cc1. The summed E-state index contributed by atoms with van der Waals surface area (Å²) in [6.45, 7) is 0. The number of thioether (sulfide) groups is 1. The predicted molar refractivity (Wildman–Crippen MR) is 119 cm³/mol. The molecular formula is C20H17BrClNO3S2. The molecule has 28 heavy (non-hydrogen) atoms. The van der Waals surface area contributed by atoms with Gasteiger partial charge in [0.2, 0.25) is 0 Å². The first-order valence-electron chi connectivity index (χ1n) is 8.22. The summed E-state index contributed by atoms with van der Waals surface area (Å²) in [5.41, 5.74) is 1.62. The number of para-hydroxylation sites is 1. The van der Waals surface area contributed by atoms with Crippen molar-refractivity contribution in [2.24, 2.45) is 0 Å². The fraction of sp³-hybridized carbons (Fsp3) is 0.100. The number of benzene rings is 3. The normalized spacial score (nSPS) is 11.2. The molecular weight excluding hydrogens is 482 g/mol. The van der Waals surface area contributed by atoms with Crippen LogP contribution in [0.15, 0.2) is 81.0 Å². The Morgan fingerprint density at radius 1 is 1.07 bits per heavy atom. The summed E-state index contributed by atoms with van der Waals surface area (Å²) >= 11 is 10.8. The van der Waals surface area contributed by atoms with Crippen LogP contribution in [0.3, 0.4) is 0 Å². The van der Waals surface area contributed by atoms with Crippen LogP contribution in [0.5, 0.6) is 5.75 Å². The predicted octanol–water partition coefficient (Wildman–Crippen LogP) is 6.20. The lowest BCUT2D eigenvalue weighted by Crippen LogP contribution is -2.14. The molecule has 0 saturated heterocycles. The van der Waals surface area contributed by atoms with Gasteiger partial charge in [0, 0.05) is 20.1 Å². The van der Waals surface area contributed by atoms with E-state index in [1.807, 2.05) is 36.4 Å². The number of hydrogen-bond donors (Lipinski definition) is 1. The molecule has 0 aliphatic carbocycles. The van der Waals surface area contributed by atoms with Gasteiger partial charge in [-0.3, -0.25) is 4.72 Å². The Labute approximate surface area is 182 Å². The number of rotatable bonds is 7. The minimum Gasteiger partial charge on any atom is -0.495 e. The molecule has 3 rings (SSSR count). The molecule has 0 fully saturated rings. The summed E-state index contributed by atoms with van der Waals surface area (Å²) in [7, 11) is -2.38. The average molecular weight is 499 g/mol. The van der Waals surface area contributed by atoms with Crippen LogP contribution in [0.2, 0.25) is 5.02 Å². The largest absolute Gasteiger partial charge is 0.495 e. The minimum atomic E-state index is -3.83. The standard InChI is InChI=1S/C20H17BrClNO3S2/c1-26-18-11-8-15(21)12-20(18)28(24,25)23-17-4-2-3-5-19(17)27-13-14-6-9-16(22)10-7-14/h2-12,23H,13H2,1H3. The van der Waals surface area contributed by atoms with Gasteiger partial charge < -0.3 is 4.74 Å². The van der Waals surface area contributed by atoms with Gasteiger partial charge in [-0.1, -0.05) is 51.8 Å². The molecule has 0 amide bonds. The van der Waals surface area contributed by atoms with E-state index in [-0.39, 0.29) is 10.6 Å². The molecule has 0 bridgehead atoms. The summed E-state index contributed by atoms with van der Waals surface area (Å²) in [4.78, 5) is 0.900. The molecule has 3 aromatic rings. The third kappa shape index (κ3) is 5.23. The van der Waals surface area contributed by atoms with E-state index in [9.17, 15) is 8.42 Å². The molecule has 0 saturated carbocycles. The molecule has 1 N–H and O–H groups in total. The van der Waals surface area contributed by atoms with Crippen molar-refractivity contribution in [2.45, 2.75) is 15.5 Å². The maximum absolute atomic E-state index is 13.0. The summed E-state index contributed by atoms with van der Waals surface area (Å²) in [5.74, 6) is 0.970. The van der Waals surface area contributed by atoms with Gasteiger partial charge in [0.05, 0.1) is 12.8 Å². The molecule has 0 spiro atoms. The van der Waals surface area contributed by atoms with E-state index in [2.05, 4.69) is 20.7 Å². The second-order valence-corrected chi connectivity index (χ2v) is 9.83. The topological polar surface area (TPSA) is 55.4 Å². The minimum absolute atomic E-state index is 0.0712. The molecule has 0 aliphatic heterocycles. The summed E-state index contributed by atoms with van der Waals surface area (Å²) in [5, 5.41) is 0.685. The second kappa shape index (κ2) is 9.22. The van der Waals surface area contributed by atoms with E-state index in [0.717, 1.165) is 10.5 Å². The lowest BCUT2D eigenvalue weighted by Gasteiger charge is -2.14. The first kappa shape index (κ1) is 21.0. The van der Waals surface area contributed by atoms with E-state index in [1.165, 1.54) is 13.2 Å². The zero-order valence-electron chi connectivity index (χ0n) is 14.9. The monoisotopic (exact) mass is 497 g/mol. The third-order valence-electron chi connectivity index (χ3n) is 3.85. The molecule has 8 heteroatoms. The second-order valence-electron chi connectivity index (χ2n) is 5.81. The Bertz CT molecular complexity index is 1070. The summed E-state index contributed by atoms with van der Waals surface area (Å²) in [6.07, 6.45) is 0. The number of anilines is 1. The Morgan fingerprint density at radius 3 is 2.50 bits per heavy atom. The van der Waals surface area contributed by atoms with Crippen molar-refractivity contribution in [1.29, 1.82) is 0 Å². The Balaban J connectivity index is 1.84. The first-order valence-corrected chi connectivity index (χ1v) is 11.9. The molecule has 0 aliphatic rings. The Kier molecular flexibility index (Phi) is 6.93. The highest BCUT2D eigenvalue weighted by Crippen LogP contribution is 2.34. The van der Waals surface area contributed by atoms with Crippen LogP contribution in [0.1, 0.15) is 5.56 Å². The van der Waals surface area contributed by atoms with Gasteiger partial charge in [0.25, 0.3) is 10.0 Å². The highest BCUT2D eigenvalue weighted by atomic mass is 79.9. The van der Waals surface area contributed by atoms with Crippen molar-refractivity contribution in [3.05, 3.63) is 81.8 Å². The van der Waals surface area contributed by atoms with Crippen molar-refractivity contribution in [3.8, 4) is 5.75 Å². The van der Waals surface area contributed by atoms with Crippen LogP contribution < -0.4 is 9.46 Å². The van der Waals surface area contributed by atoms with Crippen LogP contribution in [0.4, 0.5) is 5.69 Å². The van der Waals surface area contributed by atoms with Gasteiger partial charge in [-0.25, -0.2) is 8.42 Å². The van der Waals surface area contributed by atoms with E-state index in [1.54, 1.807) is 36.0 Å². The van der Waals surface area contributed by atoms with Gasteiger partial charge in [0.15, 0.2) is 0 Å². The van der Waals surface area contributed by atoms with E-state index >= 15 is 0 Å². The number of nitrogens with one attached hydrogen (secondary N) is 1. The fourth-order valence-corrected chi connectivity index (χ4v) is 5.42. The van der Waals surface area contributed by atoms with Crippen LogP contribution >= 0.6 is 39.3 Å². The van der Waals surface area contributed by atoms with Gasteiger partial charge in [-0.05, 0) is 48.0 Å². The number of halogens is 2. The molecule has 3 aromatic carbocycles. The van der Waals surface area contributed by atoms with Crippen molar-refractivity contribution >= 4 is 55.0 Å². The van der Waals surface area contributed by atoms with Gasteiger partial charge in [0.1, 0.15) is 10.6 Å². The van der Waals surface area contributed by atoms with Crippen LogP contribution in [0.25, 0.3) is 0 Å². The molecule has 0 radical (unpaired) electrons. The Morgan fingerprint density at radius 2 is 1.79 bits per heavy atom. The molecule has 0 heterocycles. The number of hydrogen-bond acceptors (Lipinski definition) is 4. The number of methoxy groups -OCH3 is 1. The molecule has 4 nitrogen and oxygen atoms in total. The molecule has 0 aromatic heterocycles. The zero-order valence-corrected chi connectivity index (χ0v) is 18.8. The molecule has 0 unspecified atom stereocenters. The quantitative estimate of drug-likeness (QED) is 0.394. The van der Waals surface area contributed by atoms with E-state index in [4.69, 9.17) is 16.3 Å². The van der Waals surface area contributed by atoms with Crippen molar-refractivity contribution in [1.82, 2.24) is 0 Å². The maximum Gasteiger partial charge on any atom is 0.265 e. The fourth-order valence-electron chi connectivity index (χ4n) is 2.48.